The Hall–Kier alpha value is -2.78. The molecule has 2 saturated carbocycles. The monoisotopic (exact) mass is 866 g/mol. The van der Waals surface area contributed by atoms with Crippen molar-refractivity contribution in [1.82, 2.24) is 0 Å². The highest BCUT2D eigenvalue weighted by atomic mass is 32.3. The van der Waals surface area contributed by atoms with Gasteiger partial charge < -0.3 is 9.29 Å². The maximum Gasteiger partial charge on any atom is 0.534 e. The number of aromatic hydroxyl groups is 1. The van der Waals surface area contributed by atoms with Gasteiger partial charge in [-0.05, 0) is 110 Å². The maximum absolute atomic E-state index is 12.3. The van der Waals surface area contributed by atoms with Crippen molar-refractivity contribution in [2.45, 2.75) is 127 Å². The van der Waals surface area contributed by atoms with E-state index in [1.165, 1.54) is 81.9 Å². The molecular formula is C34H47F9O9S3. The minimum Gasteiger partial charge on any atom is -0.508 e. The van der Waals surface area contributed by atoms with Gasteiger partial charge in [0.2, 0.25) is 0 Å². The fourth-order valence-corrected chi connectivity index (χ4v) is 8.32. The summed E-state index contributed by atoms with van der Waals surface area (Å²) in [6, 6.07) is 13.7. The third-order valence-corrected chi connectivity index (χ3v) is 12.6. The Morgan fingerprint density at radius 3 is 1.15 bits per heavy atom. The molecule has 4 rings (SSSR count). The van der Waals surface area contributed by atoms with Crippen molar-refractivity contribution in [3.05, 3.63) is 59.7 Å². The van der Waals surface area contributed by atoms with Crippen molar-refractivity contribution in [3.8, 4) is 11.5 Å². The molecule has 0 heterocycles. The summed E-state index contributed by atoms with van der Waals surface area (Å²) in [6.45, 7) is 4.46. The molecule has 0 amide bonds. The summed E-state index contributed by atoms with van der Waals surface area (Å²) < 4.78 is 173. The van der Waals surface area contributed by atoms with E-state index in [4.69, 9.17) is 0 Å². The van der Waals surface area contributed by atoms with Gasteiger partial charge in [0.05, 0.1) is 0 Å². The fraction of sp³-hybridized carbons (Fsp3) is 0.647. The first kappa shape index (κ1) is 50.2. The van der Waals surface area contributed by atoms with Crippen LogP contribution in [0.4, 0.5) is 39.5 Å². The number of benzene rings is 2. The third-order valence-electron chi connectivity index (χ3n) is 9.04. The third kappa shape index (κ3) is 15.6. The number of hydrogen-bond acceptors (Lipinski definition) is 9. The van der Waals surface area contributed by atoms with Gasteiger partial charge in [0, 0.05) is 0 Å². The maximum atomic E-state index is 12.3. The summed E-state index contributed by atoms with van der Waals surface area (Å²) in [5, 5.41) is 9.27. The van der Waals surface area contributed by atoms with E-state index in [9.17, 15) is 69.9 Å². The molecule has 0 saturated heterocycles. The minimum absolute atomic E-state index is 0. The molecule has 0 spiro atoms. The van der Waals surface area contributed by atoms with Crippen LogP contribution in [-0.4, -0.2) is 46.9 Å². The summed E-state index contributed by atoms with van der Waals surface area (Å²) in [5.41, 5.74) is -15.5. The van der Waals surface area contributed by atoms with Crippen LogP contribution in [0.5, 0.6) is 11.5 Å². The van der Waals surface area contributed by atoms with Gasteiger partial charge in [-0.25, -0.2) is 0 Å². The smallest absolute Gasteiger partial charge is 0.508 e. The van der Waals surface area contributed by atoms with Crippen LogP contribution in [0.3, 0.4) is 0 Å². The quantitative estimate of drug-likeness (QED) is 0.140. The molecule has 0 radical (unpaired) electrons. The Bertz CT molecular complexity index is 1720. The van der Waals surface area contributed by atoms with Crippen LogP contribution in [0.1, 0.15) is 121 Å². The normalized spacial score (nSPS) is 21.1. The van der Waals surface area contributed by atoms with E-state index in [1.54, 1.807) is 12.1 Å². The van der Waals surface area contributed by atoms with Gasteiger partial charge in [-0.3, -0.25) is 0 Å². The van der Waals surface area contributed by atoms with Gasteiger partial charge in [-0.1, -0.05) is 71.2 Å². The Morgan fingerprint density at radius 2 is 0.855 bits per heavy atom. The number of rotatable bonds is 10. The highest BCUT2D eigenvalue weighted by Crippen LogP contribution is 2.39. The van der Waals surface area contributed by atoms with Crippen LogP contribution in [0.25, 0.3) is 0 Å². The first-order valence-corrected chi connectivity index (χ1v) is 21.2. The zero-order valence-electron chi connectivity index (χ0n) is 29.3. The van der Waals surface area contributed by atoms with Crippen molar-refractivity contribution < 1.29 is 77.7 Å². The van der Waals surface area contributed by atoms with Crippen LogP contribution < -0.4 is 4.18 Å². The standard InChI is InChI=1S/C16H21F3O3S.C15H22O.C2F6O5S2.CH4/c1-2-3-12-4-6-13(7-5-12)14-8-10-15(11-9-14)22-23(20,21)16(17,18)19;1-2-3-12-4-6-13(7-5-12)14-8-10-15(16)11-9-14;3-1(4,5)14(9,10)13-15(11,12)2(6,7)8;/h8-13H,2-7H2,1H3;8-13,16H,2-7H2,1H3;;1H4. The number of phenolic OH excluding ortho intramolecular Hbond substituents is 1. The molecule has 2 aromatic rings. The first-order valence-electron chi connectivity index (χ1n) is 17.0. The fourth-order valence-electron chi connectivity index (χ4n) is 6.30. The SMILES string of the molecule is C.CCCC1CCC(c2ccc(O)cc2)CC1.CCCC1CCC(c2ccc(OS(=O)(=O)C(F)(F)F)cc2)CC1.O=S(=O)(OS(=O)(=O)C(F)(F)F)C(F)(F)F. The number of hydrogen-bond donors (Lipinski definition) is 1. The topological polar surface area (TPSA) is 141 Å². The Balaban J connectivity index is 0.000000422. The summed E-state index contributed by atoms with van der Waals surface area (Å²) in [5.74, 6) is 2.92. The molecule has 55 heavy (non-hydrogen) atoms. The second kappa shape index (κ2) is 20.6. The predicted molar refractivity (Wildman–Crippen MR) is 187 cm³/mol. The summed E-state index contributed by atoms with van der Waals surface area (Å²) in [4.78, 5) is 0. The Morgan fingerprint density at radius 1 is 0.545 bits per heavy atom. The van der Waals surface area contributed by atoms with E-state index in [-0.39, 0.29) is 13.2 Å². The molecule has 0 unspecified atom stereocenters. The molecule has 2 aliphatic carbocycles. The molecule has 2 fully saturated rings. The average molecular weight is 867 g/mol. The summed E-state index contributed by atoms with van der Waals surface area (Å²) >= 11 is 0. The molecule has 0 atom stereocenters. The molecule has 2 aromatic carbocycles. The molecule has 1 N–H and O–H groups in total. The van der Waals surface area contributed by atoms with E-state index in [1.807, 2.05) is 15.8 Å². The molecular weight excluding hydrogens is 820 g/mol. The van der Waals surface area contributed by atoms with Gasteiger partial charge >= 0.3 is 46.9 Å². The highest BCUT2D eigenvalue weighted by molar-refractivity contribution is 8.00. The lowest BCUT2D eigenvalue weighted by molar-refractivity contribution is -0.0586. The lowest BCUT2D eigenvalue weighted by Crippen LogP contribution is -2.34. The van der Waals surface area contributed by atoms with Crippen molar-refractivity contribution in [1.29, 1.82) is 0 Å². The van der Waals surface area contributed by atoms with E-state index in [0.29, 0.717) is 11.7 Å². The molecule has 9 nitrogen and oxygen atoms in total. The molecule has 21 heteroatoms. The predicted octanol–water partition coefficient (Wildman–Crippen LogP) is 10.8. The average Bonchev–Trinajstić information content (AvgIpc) is 3.05. The summed E-state index contributed by atoms with van der Waals surface area (Å²) in [7, 11) is -19.3. The lowest BCUT2D eigenvalue weighted by Gasteiger charge is -2.28. The van der Waals surface area contributed by atoms with E-state index >= 15 is 0 Å². The van der Waals surface area contributed by atoms with E-state index < -0.39 is 46.9 Å². The Kier molecular flexibility index (Phi) is 18.8. The first-order chi connectivity index (χ1) is 24.7. The molecule has 0 bridgehead atoms. The molecule has 0 aliphatic heterocycles. The summed E-state index contributed by atoms with van der Waals surface area (Å²) in [6.07, 6.45) is 15.1. The zero-order chi connectivity index (χ0) is 41.2. The van der Waals surface area contributed by atoms with E-state index in [0.717, 1.165) is 36.2 Å². The van der Waals surface area contributed by atoms with Gasteiger partial charge in [-0.2, -0.15) is 64.8 Å². The molecule has 0 aromatic heterocycles. The lowest BCUT2D eigenvalue weighted by atomic mass is 9.77. The van der Waals surface area contributed by atoms with Crippen molar-refractivity contribution >= 4 is 30.4 Å². The van der Waals surface area contributed by atoms with Gasteiger partial charge in [0.15, 0.2) is 0 Å². The second-order valence-corrected chi connectivity index (χ2v) is 17.8. The largest absolute Gasteiger partial charge is 0.534 e. The van der Waals surface area contributed by atoms with Crippen LogP contribution in [-0.2, 0) is 34.0 Å². The van der Waals surface area contributed by atoms with Crippen molar-refractivity contribution in [2.24, 2.45) is 11.8 Å². The van der Waals surface area contributed by atoms with Crippen LogP contribution in [0.15, 0.2) is 48.5 Å². The van der Waals surface area contributed by atoms with Crippen molar-refractivity contribution in [2.75, 3.05) is 0 Å². The highest BCUT2D eigenvalue weighted by Gasteiger charge is 2.57. The van der Waals surface area contributed by atoms with Crippen LogP contribution in [0.2, 0.25) is 0 Å². The second-order valence-electron chi connectivity index (χ2n) is 13.0. The van der Waals surface area contributed by atoms with Gasteiger partial charge in [-0.15, -0.1) is 3.63 Å². The van der Waals surface area contributed by atoms with Gasteiger partial charge in [0.1, 0.15) is 11.5 Å². The molecule has 2 aliphatic rings. The van der Waals surface area contributed by atoms with Gasteiger partial charge in [0.25, 0.3) is 0 Å². The molecule has 318 valence electrons. The number of phenols is 1. The Labute approximate surface area is 317 Å². The van der Waals surface area contributed by atoms with Crippen LogP contribution in [0, 0.1) is 11.8 Å². The van der Waals surface area contributed by atoms with Crippen molar-refractivity contribution in [3.63, 3.8) is 0 Å². The number of halogens is 9. The van der Waals surface area contributed by atoms with Crippen LogP contribution >= 0.6 is 0 Å². The van der Waals surface area contributed by atoms with E-state index in [2.05, 4.69) is 30.2 Å². The zero-order valence-corrected chi connectivity index (χ0v) is 31.7. The number of alkyl halides is 9. The minimum atomic E-state index is -6.85.